The second-order valence-corrected chi connectivity index (χ2v) is 8.88. The zero-order valence-electron chi connectivity index (χ0n) is 18.8. The topological polar surface area (TPSA) is 105 Å². The maximum absolute atomic E-state index is 13.4. The Kier molecular flexibility index (Phi) is 5.49. The van der Waals surface area contributed by atoms with Gasteiger partial charge in [0, 0.05) is 11.6 Å². The molecule has 5 aromatic rings. The van der Waals surface area contributed by atoms with Crippen LogP contribution in [0.2, 0.25) is 0 Å². The molecule has 0 radical (unpaired) electrons. The number of aromatic nitrogens is 4. The largest absolute Gasteiger partial charge is 0.467 e. The van der Waals surface area contributed by atoms with Gasteiger partial charge in [0.05, 0.1) is 29.5 Å². The molecule has 0 unspecified atom stereocenters. The summed E-state index contributed by atoms with van der Waals surface area (Å²) in [4.78, 5) is 22.7. The Hall–Kier alpha value is -4.05. The molecule has 0 spiro atoms. The van der Waals surface area contributed by atoms with Crippen LogP contribution in [0.1, 0.15) is 24.1 Å². The number of ether oxygens (including phenoxy) is 2. The zero-order valence-corrected chi connectivity index (χ0v) is 19.6. The highest BCUT2D eigenvalue weighted by atomic mass is 32.2. The molecule has 0 aliphatic carbocycles. The van der Waals surface area contributed by atoms with Crippen molar-refractivity contribution >= 4 is 22.7 Å². The van der Waals surface area contributed by atoms with Crippen LogP contribution >= 0.6 is 11.8 Å². The Morgan fingerprint density at radius 2 is 1.89 bits per heavy atom. The van der Waals surface area contributed by atoms with Crippen LogP contribution in [0.25, 0.3) is 22.3 Å². The van der Waals surface area contributed by atoms with Gasteiger partial charge in [-0.1, -0.05) is 48.1 Å². The van der Waals surface area contributed by atoms with Crippen LogP contribution in [-0.2, 0) is 18.7 Å². The van der Waals surface area contributed by atoms with Crippen molar-refractivity contribution in [2.24, 2.45) is 0 Å². The van der Waals surface area contributed by atoms with Gasteiger partial charge in [-0.05, 0) is 30.2 Å². The molecule has 1 aliphatic heterocycles. The van der Waals surface area contributed by atoms with Crippen molar-refractivity contribution in [3.63, 3.8) is 0 Å². The molecule has 35 heavy (non-hydrogen) atoms. The number of aryl methyl sites for hydroxylation is 1. The minimum atomic E-state index is -0.200. The normalized spacial score (nSPS) is 12.5. The maximum atomic E-state index is 13.4. The lowest BCUT2D eigenvalue weighted by atomic mass is 10.1. The summed E-state index contributed by atoms with van der Waals surface area (Å²) in [5.74, 6) is 3.06. The molecule has 10 heteroatoms. The van der Waals surface area contributed by atoms with Gasteiger partial charge in [0.2, 0.25) is 18.5 Å². The number of thioether (sulfide) groups is 1. The molecule has 0 N–H and O–H groups in total. The molecule has 3 aromatic heterocycles. The first-order chi connectivity index (χ1) is 17.2. The van der Waals surface area contributed by atoms with E-state index >= 15 is 0 Å². The quantitative estimate of drug-likeness (QED) is 0.239. The Bertz CT molecular complexity index is 1560. The lowest BCUT2D eigenvalue weighted by molar-refractivity contribution is 0.174. The molecule has 0 amide bonds. The third-order valence-electron chi connectivity index (χ3n) is 5.72. The van der Waals surface area contributed by atoms with Gasteiger partial charge in [0.15, 0.2) is 16.7 Å². The molecule has 2 aromatic carbocycles. The SMILES string of the molecule is CCc1ccc(-c2noc(CSc3nc4cc5c(cc4c(=O)n3Cc3ccco3)OCO5)n2)cc1. The fourth-order valence-electron chi connectivity index (χ4n) is 3.85. The maximum Gasteiger partial charge on any atom is 0.262 e. The Morgan fingerprint density at radius 1 is 1.06 bits per heavy atom. The van der Waals surface area contributed by atoms with Gasteiger partial charge in [-0.3, -0.25) is 9.36 Å². The number of fused-ring (bicyclic) bond motifs is 2. The predicted octanol–water partition coefficient (Wildman–Crippen LogP) is 4.67. The summed E-state index contributed by atoms with van der Waals surface area (Å²) in [6.45, 7) is 2.47. The third kappa shape index (κ3) is 4.17. The van der Waals surface area contributed by atoms with Crippen LogP contribution in [0.15, 0.2) is 73.7 Å². The molecule has 176 valence electrons. The standard InChI is InChI=1S/C25H20N4O5S/c1-2-15-5-7-16(8-6-15)23-27-22(34-28-23)13-35-25-26-19-11-21-20(32-14-33-21)10-18(19)24(30)29(25)12-17-4-3-9-31-17/h3-11H,2,12-14H2,1H3. The van der Waals surface area contributed by atoms with E-state index in [1.807, 2.05) is 18.2 Å². The molecular formula is C25H20N4O5S. The number of hydrogen-bond donors (Lipinski definition) is 0. The first kappa shape index (κ1) is 21.5. The Balaban J connectivity index is 1.32. The van der Waals surface area contributed by atoms with Crippen molar-refractivity contribution in [2.45, 2.75) is 30.8 Å². The van der Waals surface area contributed by atoms with Crippen molar-refractivity contribution < 1.29 is 18.4 Å². The van der Waals surface area contributed by atoms with Gasteiger partial charge in [-0.15, -0.1) is 0 Å². The molecule has 0 saturated carbocycles. The zero-order chi connectivity index (χ0) is 23.8. The molecular weight excluding hydrogens is 468 g/mol. The predicted molar refractivity (Wildman–Crippen MR) is 129 cm³/mol. The van der Waals surface area contributed by atoms with Crippen molar-refractivity contribution in [1.29, 1.82) is 0 Å². The Morgan fingerprint density at radius 3 is 2.66 bits per heavy atom. The summed E-state index contributed by atoms with van der Waals surface area (Å²) < 4.78 is 23.4. The molecule has 9 nitrogen and oxygen atoms in total. The number of furan rings is 1. The van der Waals surface area contributed by atoms with Crippen LogP contribution in [0.4, 0.5) is 0 Å². The fraction of sp³-hybridized carbons (Fsp3) is 0.200. The van der Waals surface area contributed by atoms with Crippen molar-refractivity contribution in [3.05, 3.63) is 82.4 Å². The van der Waals surface area contributed by atoms with Gasteiger partial charge >= 0.3 is 0 Å². The lowest BCUT2D eigenvalue weighted by Gasteiger charge is -2.12. The number of rotatable bonds is 7. The molecule has 0 bridgehead atoms. The molecule has 0 atom stereocenters. The Labute approximate surface area is 203 Å². The van der Waals surface area contributed by atoms with E-state index < -0.39 is 0 Å². The van der Waals surface area contributed by atoms with Gasteiger partial charge in [-0.2, -0.15) is 4.98 Å². The third-order valence-corrected chi connectivity index (χ3v) is 6.68. The minimum Gasteiger partial charge on any atom is -0.467 e. The second kappa shape index (κ2) is 8.95. The smallest absolute Gasteiger partial charge is 0.262 e. The number of benzene rings is 2. The summed E-state index contributed by atoms with van der Waals surface area (Å²) in [6, 6.07) is 15.1. The van der Waals surface area contributed by atoms with E-state index in [0.717, 1.165) is 12.0 Å². The highest BCUT2D eigenvalue weighted by molar-refractivity contribution is 7.98. The van der Waals surface area contributed by atoms with E-state index in [0.29, 0.717) is 50.8 Å². The van der Waals surface area contributed by atoms with E-state index in [9.17, 15) is 4.79 Å². The highest BCUT2D eigenvalue weighted by Gasteiger charge is 2.20. The summed E-state index contributed by atoms with van der Waals surface area (Å²) in [6.07, 6.45) is 2.54. The minimum absolute atomic E-state index is 0.120. The molecule has 0 saturated heterocycles. The number of nitrogens with zero attached hydrogens (tertiary/aromatic N) is 4. The average molecular weight is 489 g/mol. The summed E-state index contributed by atoms with van der Waals surface area (Å²) >= 11 is 1.34. The van der Waals surface area contributed by atoms with Gasteiger partial charge in [0.25, 0.3) is 5.56 Å². The van der Waals surface area contributed by atoms with Crippen molar-refractivity contribution in [2.75, 3.05) is 6.79 Å². The first-order valence-electron chi connectivity index (χ1n) is 11.1. The van der Waals surface area contributed by atoms with Gasteiger partial charge in [-0.25, -0.2) is 4.98 Å². The van der Waals surface area contributed by atoms with Crippen LogP contribution in [0, 0.1) is 0 Å². The average Bonchev–Trinajstić information content (AvgIpc) is 3.66. The molecule has 4 heterocycles. The van der Waals surface area contributed by atoms with Crippen molar-refractivity contribution in [1.82, 2.24) is 19.7 Å². The molecule has 0 fully saturated rings. The lowest BCUT2D eigenvalue weighted by Crippen LogP contribution is -2.23. The van der Waals surface area contributed by atoms with E-state index in [4.69, 9.17) is 23.4 Å². The second-order valence-electron chi connectivity index (χ2n) is 7.94. The van der Waals surface area contributed by atoms with Crippen molar-refractivity contribution in [3.8, 4) is 22.9 Å². The first-order valence-corrected chi connectivity index (χ1v) is 12.1. The van der Waals surface area contributed by atoms with E-state index in [1.165, 1.54) is 17.3 Å². The van der Waals surface area contributed by atoms with Crippen LogP contribution in [0.3, 0.4) is 0 Å². The van der Waals surface area contributed by atoms with E-state index in [2.05, 4.69) is 29.2 Å². The summed E-state index contributed by atoms with van der Waals surface area (Å²) in [7, 11) is 0. The van der Waals surface area contributed by atoms with Gasteiger partial charge in [0.1, 0.15) is 5.76 Å². The van der Waals surface area contributed by atoms with Gasteiger partial charge < -0.3 is 18.4 Å². The van der Waals surface area contributed by atoms with Crippen LogP contribution in [0.5, 0.6) is 11.5 Å². The number of hydrogen-bond acceptors (Lipinski definition) is 9. The summed E-state index contributed by atoms with van der Waals surface area (Å²) in [5.41, 5.74) is 2.46. The van der Waals surface area contributed by atoms with E-state index in [-0.39, 0.29) is 18.9 Å². The van der Waals surface area contributed by atoms with E-state index in [1.54, 1.807) is 29.0 Å². The molecule has 1 aliphatic rings. The highest BCUT2D eigenvalue weighted by Crippen LogP contribution is 2.35. The van der Waals surface area contributed by atoms with Crippen LogP contribution in [-0.4, -0.2) is 26.5 Å². The van der Waals surface area contributed by atoms with Crippen LogP contribution < -0.4 is 15.0 Å². The fourth-order valence-corrected chi connectivity index (χ4v) is 4.68. The summed E-state index contributed by atoms with van der Waals surface area (Å²) in [5, 5.41) is 5.06. The monoisotopic (exact) mass is 488 g/mol. The molecule has 6 rings (SSSR count).